The Hall–Kier alpha value is -1.51. The number of hydrogen-bond acceptors (Lipinski definition) is 3. The molecule has 1 aromatic carbocycles. The molecule has 1 N–H and O–H groups in total. The number of aryl methyl sites for hydroxylation is 1. The van der Waals surface area contributed by atoms with Gasteiger partial charge >= 0.3 is 0 Å². The van der Waals surface area contributed by atoms with Crippen LogP contribution in [0.25, 0.3) is 0 Å². The van der Waals surface area contributed by atoms with Crippen molar-refractivity contribution in [2.75, 3.05) is 6.61 Å². The maximum Gasteiger partial charge on any atom is 0.119 e. The van der Waals surface area contributed by atoms with Crippen molar-refractivity contribution in [3.05, 3.63) is 29.3 Å². The first-order valence-corrected chi connectivity index (χ1v) is 5.67. The molecule has 16 heavy (non-hydrogen) atoms. The number of hydrogen-bond donors (Lipinski definition) is 1. The molecular formula is C13H17NO2. The van der Waals surface area contributed by atoms with E-state index in [1.54, 1.807) is 0 Å². The topological polar surface area (TPSA) is 41.8 Å². The van der Waals surface area contributed by atoms with Gasteiger partial charge in [0.2, 0.25) is 0 Å². The summed E-state index contributed by atoms with van der Waals surface area (Å²) in [6, 6.07) is 5.97. The summed E-state index contributed by atoms with van der Waals surface area (Å²) in [7, 11) is 0. The summed E-state index contributed by atoms with van der Waals surface area (Å²) in [5.41, 5.74) is 3.05. The van der Waals surface area contributed by atoms with Gasteiger partial charge in [0.25, 0.3) is 0 Å². The van der Waals surface area contributed by atoms with Crippen molar-refractivity contribution in [3.63, 3.8) is 0 Å². The molecule has 3 heteroatoms. The lowest BCUT2D eigenvalue weighted by Crippen LogP contribution is -2.04. The molecule has 2 rings (SSSR count). The Morgan fingerprint density at radius 2 is 2.19 bits per heavy atom. The van der Waals surface area contributed by atoms with E-state index in [9.17, 15) is 0 Å². The Bertz CT molecular complexity index is 410. The quantitative estimate of drug-likeness (QED) is 0.627. The molecule has 86 valence electrons. The summed E-state index contributed by atoms with van der Waals surface area (Å²) in [4.78, 5) is 0. The van der Waals surface area contributed by atoms with E-state index in [1.165, 1.54) is 5.56 Å². The van der Waals surface area contributed by atoms with E-state index in [1.807, 2.05) is 12.1 Å². The van der Waals surface area contributed by atoms with Gasteiger partial charge < -0.3 is 9.94 Å². The number of benzene rings is 1. The van der Waals surface area contributed by atoms with Crippen LogP contribution in [-0.2, 0) is 6.42 Å². The Balaban J connectivity index is 2.15. The monoisotopic (exact) mass is 219 g/mol. The normalized spacial score (nSPS) is 16.8. The fourth-order valence-corrected chi connectivity index (χ4v) is 1.90. The van der Waals surface area contributed by atoms with Gasteiger partial charge in [-0.25, -0.2) is 0 Å². The molecule has 0 spiro atoms. The summed E-state index contributed by atoms with van der Waals surface area (Å²) < 4.78 is 5.66. The van der Waals surface area contributed by atoms with Crippen LogP contribution in [0.4, 0.5) is 0 Å². The van der Waals surface area contributed by atoms with E-state index >= 15 is 0 Å². The maximum absolute atomic E-state index is 8.81. The van der Waals surface area contributed by atoms with Crippen LogP contribution >= 0.6 is 0 Å². The minimum Gasteiger partial charge on any atom is -0.493 e. The summed E-state index contributed by atoms with van der Waals surface area (Å²) in [6.45, 7) is 4.99. The number of rotatable bonds is 3. The number of nitrogens with zero attached hydrogens (tertiary/aromatic N) is 1. The highest BCUT2D eigenvalue weighted by molar-refractivity contribution is 6.04. The van der Waals surface area contributed by atoms with Gasteiger partial charge in [-0.05, 0) is 42.5 Å². The molecule has 0 saturated carbocycles. The van der Waals surface area contributed by atoms with E-state index in [0.29, 0.717) is 5.92 Å². The number of oxime groups is 1. The second kappa shape index (κ2) is 4.56. The molecule has 1 aliphatic carbocycles. The van der Waals surface area contributed by atoms with Gasteiger partial charge in [0.05, 0.1) is 12.3 Å². The van der Waals surface area contributed by atoms with Crippen LogP contribution in [0.5, 0.6) is 5.75 Å². The van der Waals surface area contributed by atoms with Crippen LogP contribution in [0.15, 0.2) is 23.4 Å². The van der Waals surface area contributed by atoms with E-state index in [2.05, 4.69) is 25.1 Å². The van der Waals surface area contributed by atoms with Crippen LogP contribution in [-0.4, -0.2) is 17.5 Å². The fourth-order valence-electron chi connectivity index (χ4n) is 1.90. The Kier molecular flexibility index (Phi) is 3.13. The second-order valence-corrected chi connectivity index (χ2v) is 4.57. The Morgan fingerprint density at radius 3 is 2.88 bits per heavy atom. The van der Waals surface area contributed by atoms with Crippen molar-refractivity contribution in [2.45, 2.75) is 26.7 Å². The van der Waals surface area contributed by atoms with Gasteiger partial charge in [0.1, 0.15) is 5.75 Å². The molecular weight excluding hydrogens is 202 g/mol. The lowest BCUT2D eigenvalue weighted by molar-refractivity contribution is 0.271. The minimum absolute atomic E-state index is 0.530. The molecule has 0 atom stereocenters. The van der Waals surface area contributed by atoms with Crippen molar-refractivity contribution < 1.29 is 9.94 Å². The largest absolute Gasteiger partial charge is 0.493 e. The summed E-state index contributed by atoms with van der Waals surface area (Å²) in [6.07, 6.45) is 1.76. The first-order chi connectivity index (χ1) is 7.70. The van der Waals surface area contributed by atoms with E-state index < -0.39 is 0 Å². The summed E-state index contributed by atoms with van der Waals surface area (Å²) in [5.74, 6) is 1.44. The molecule has 0 radical (unpaired) electrons. The molecule has 3 nitrogen and oxygen atoms in total. The van der Waals surface area contributed by atoms with Crippen LogP contribution in [0.3, 0.4) is 0 Å². The lowest BCUT2D eigenvalue weighted by atomic mass is 10.1. The Morgan fingerprint density at radius 1 is 1.38 bits per heavy atom. The third kappa shape index (κ3) is 2.18. The first kappa shape index (κ1) is 11.0. The van der Waals surface area contributed by atoms with Gasteiger partial charge in [-0.2, -0.15) is 0 Å². The predicted octanol–water partition coefficient (Wildman–Crippen LogP) is 2.85. The van der Waals surface area contributed by atoms with Crippen LogP contribution in [0.1, 0.15) is 31.4 Å². The van der Waals surface area contributed by atoms with Crippen LogP contribution < -0.4 is 4.74 Å². The molecule has 0 aromatic heterocycles. The van der Waals surface area contributed by atoms with Gasteiger partial charge in [-0.15, -0.1) is 0 Å². The zero-order valence-corrected chi connectivity index (χ0v) is 9.73. The van der Waals surface area contributed by atoms with Crippen LogP contribution in [0, 0.1) is 5.92 Å². The molecule has 1 aliphatic rings. The van der Waals surface area contributed by atoms with Crippen molar-refractivity contribution in [1.29, 1.82) is 0 Å². The van der Waals surface area contributed by atoms with Crippen molar-refractivity contribution in [2.24, 2.45) is 11.1 Å². The highest BCUT2D eigenvalue weighted by Crippen LogP contribution is 2.26. The van der Waals surface area contributed by atoms with Gasteiger partial charge in [0.15, 0.2) is 0 Å². The second-order valence-electron chi connectivity index (χ2n) is 4.57. The third-order valence-electron chi connectivity index (χ3n) is 2.72. The zero-order chi connectivity index (χ0) is 11.5. The molecule has 1 aromatic rings. The molecule has 0 saturated heterocycles. The molecule has 0 bridgehead atoms. The average molecular weight is 219 g/mol. The van der Waals surface area contributed by atoms with Gasteiger partial charge in [0, 0.05) is 5.56 Å². The number of ether oxygens (including phenoxy) is 1. The maximum atomic E-state index is 8.81. The van der Waals surface area contributed by atoms with Crippen molar-refractivity contribution in [1.82, 2.24) is 0 Å². The lowest BCUT2D eigenvalue weighted by Gasteiger charge is -2.09. The number of fused-ring (bicyclic) bond motifs is 1. The third-order valence-corrected chi connectivity index (χ3v) is 2.72. The molecule has 0 amide bonds. The van der Waals surface area contributed by atoms with E-state index in [-0.39, 0.29) is 0 Å². The summed E-state index contributed by atoms with van der Waals surface area (Å²) >= 11 is 0. The van der Waals surface area contributed by atoms with E-state index in [0.717, 1.165) is 36.5 Å². The van der Waals surface area contributed by atoms with Crippen LogP contribution in [0.2, 0.25) is 0 Å². The standard InChI is InChI=1S/C13H17NO2/c1-9(2)8-16-11-4-5-12-10(7-11)3-6-13(12)14-15/h4-5,7,9,15H,3,6,8H2,1-2H3/b14-13+. The highest BCUT2D eigenvalue weighted by atomic mass is 16.5. The molecule has 0 heterocycles. The average Bonchev–Trinajstić information content (AvgIpc) is 2.68. The molecule has 0 aliphatic heterocycles. The van der Waals surface area contributed by atoms with Crippen molar-refractivity contribution >= 4 is 5.71 Å². The van der Waals surface area contributed by atoms with Crippen molar-refractivity contribution in [3.8, 4) is 5.75 Å². The smallest absolute Gasteiger partial charge is 0.119 e. The minimum atomic E-state index is 0.530. The van der Waals surface area contributed by atoms with Gasteiger partial charge in [-0.3, -0.25) is 0 Å². The Labute approximate surface area is 95.7 Å². The SMILES string of the molecule is CC(C)COc1ccc2c(c1)CC/C2=N\O. The zero-order valence-electron chi connectivity index (χ0n) is 9.73. The fraction of sp³-hybridized carbons (Fsp3) is 0.462. The van der Waals surface area contributed by atoms with E-state index in [4.69, 9.17) is 9.94 Å². The highest BCUT2D eigenvalue weighted by Gasteiger charge is 2.18. The first-order valence-electron chi connectivity index (χ1n) is 5.67. The molecule has 0 fully saturated rings. The van der Waals surface area contributed by atoms with Gasteiger partial charge in [-0.1, -0.05) is 19.0 Å². The molecule has 0 unspecified atom stereocenters. The summed E-state index contributed by atoms with van der Waals surface area (Å²) in [5, 5.41) is 12.1. The predicted molar refractivity (Wildman–Crippen MR) is 63.4 cm³/mol.